The highest BCUT2D eigenvalue weighted by atomic mass is 16.5. The molecule has 102 valence electrons. The number of hydrogen-bond donors (Lipinski definition) is 1. The van der Waals surface area contributed by atoms with Gasteiger partial charge in [-0.3, -0.25) is 9.59 Å². The van der Waals surface area contributed by atoms with Crippen molar-refractivity contribution in [1.29, 1.82) is 0 Å². The summed E-state index contributed by atoms with van der Waals surface area (Å²) in [7, 11) is 1.58. The van der Waals surface area contributed by atoms with Crippen molar-refractivity contribution in [3.05, 3.63) is 29.8 Å². The fourth-order valence-electron chi connectivity index (χ4n) is 2.31. The van der Waals surface area contributed by atoms with Crippen molar-refractivity contribution in [2.45, 2.75) is 19.4 Å². The van der Waals surface area contributed by atoms with E-state index in [4.69, 9.17) is 9.84 Å². The molecule has 1 saturated heterocycles. The number of likely N-dealkylation sites (tertiary alicyclic amines) is 1. The van der Waals surface area contributed by atoms with Gasteiger partial charge in [0, 0.05) is 25.1 Å². The Kier molecular flexibility index (Phi) is 4.04. The van der Waals surface area contributed by atoms with Crippen molar-refractivity contribution in [2.75, 3.05) is 13.7 Å². The minimum atomic E-state index is -0.836. The van der Waals surface area contributed by atoms with Gasteiger partial charge < -0.3 is 14.7 Å². The van der Waals surface area contributed by atoms with Crippen molar-refractivity contribution >= 4 is 11.9 Å². The summed E-state index contributed by atoms with van der Waals surface area (Å²) in [5.41, 5.74) is 0.893. The first-order valence-corrected chi connectivity index (χ1v) is 6.24. The van der Waals surface area contributed by atoms with E-state index >= 15 is 0 Å². The standard InChI is InChI=1S/C14H17NO4/c1-19-12-5-3-2-4-10(12)8-15-9-11(14(17)18)6-7-13(15)16/h2-5,11H,6-9H2,1H3,(H,17,18)/t11-/m0/s1. The first-order valence-electron chi connectivity index (χ1n) is 6.24. The van der Waals surface area contributed by atoms with Crippen LogP contribution in [0.5, 0.6) is 5.75 Å². The Balaban J connectivity index is 2.12. The fourth-order valence-corrected chi connectivity index (χ4v) is 2.31. The molecule has 0 aliphatic carbocycles. The second kappa shape index (κ2) is 5.73. The topological polar surface area (TPSA) is 66.8 Å². The SMILES string of the molecule is COc1ccccc1CN1C[C@@H](C(=O)O)CCC1=O. The number of piperidine rings is 1. The Morgan fingerprint density at radius 3 is 2.89 bits per heavy atom. The van der Waals surface area contributed by atoms with Crippen LogP contribution in [0.1, 0.15) is 18.4 Å². The van der Waals surface area contributed by atoms with E-state index in [1.54, 1.807) is 12.0 Å². The third-order valence-corrected chi connectivity index (χ3v) is 3.40. The van der Waals surface area contributed by atoms with E-state index < -0.39 is 11.9 Å². The van der Waals surface area contributed by atoms with Gasteiger partial charge in [0.2, 0.25) is 5.91 Å². The number of methoxy groups -OCH3 is 1. The largest absolute Gasteiger partial charge is 0.496 e. The molecule has 0 saturated carbocycles. The first kappa shape index (κ1) is 13.4. The van der Waals surface area contributed by atoms with Crippen molar-refractivity contribution < 1.29 is 19.4 Å². The normalized spacial score (nSPS) is 19.3. The summed E-state index contributed by atoms with van der Waals surface area (Å²) in [5.74, 6) is -0.582. The first-order chi connectivity index (χ1) is 9.11. The average Bonchev–Trinajstić information content (AvgIpc) is 2.41. The van der Waals surface area contributed by atoms with E-state index in [-0.39, 0.29) is 12.5 Å². The Morgan fingerprint density at radius 1 is 1.47 bits per heavy atom. The lowest BCUT2D eigenvalue weighted by Gasteiger charge is -2.31. The number of carboxylic acid groups (broad SMARTS) is 1. The number of carboxylic acids is 1. The highest BCUT2D eigenvalue weighted by molar-refractivity contribution is 5.80. The van der Waals surface area contributed by atoms with Crippen molar-refractivity contribution in [3.8, 4) is 5.75 Å². The van der Waals surface area contributed by atoms with Crippen LogP contribution in [0, 0.1) is 5.92 Å². The molecule has 0 bridgehead atoms. The maximum atomic E-state index is 11.9. The monoisotopic (exact) mass is 263 g/mol. The lowest BCUT2D eigenvalue weighted by Crippen LogP contribution is -2.42. The molecular weight excluding hydrogens is 246 g/mol. The lowest BCUT2D eigenvalue weighted by atomic mass is 9.97. The minimum absolute atomic E-state index is 0.00315. The number of amides is 1. The van der Waals surface area contributed by atoms with Crippen LogP contribution in [0.2, 0.25) is 0 Å². The van der Waals surface area contributed by atoms with Crippen molar-refractivity contribution in [1.82, 2.24) is 4.90 Å². The van der Waals surface area contributed by atoms with Crippen LogP contribution in [-0.4, -0.2) is 35.5 Å². The number of carbonyl (C=O) groups excluding carboxylic acids is 1. The fraction of sp³-hybridized carbons (Fsp3) is 0.429. The molecule has 1 aromatic rings. The number of rotatable bonds is 4. The van der Waals surface area contributed by atoms with E-state index in [0.717, 1.165) is 5.56 Å². The minimum Gasteiger partial charge on any atom is -0.496 e. The molecule has 0 spiro atoms. The molecule has 1 heterocycles. The summed E-state index contributed by atoms with van der Waals surface area (Å²) < 4.78 is 5.24. The third-order valence-electron chi connectivity index (χ3n) is 3.40. The molecule has 1 N–H and O–H groups in total. The van der Waals surface area contributed by atoms with Gasteiger partial charge in [0.05, 0.1) is 13.0 Å². The van der Waals surface area contributed by atoms with Crippen LogP contribution in [0.15, 0.2) is 24.3 Å². The van der Waals surface area contributed by atoms with E-state index in [1.807, 2.05) is 24.3 Å². The summed E-state index contributed by atoms with van der Waals surface area (Å²) in [5, 5.41) is 9.05. The molecule has 5 heteroatoms. The predicted octanol–water partition coefficient (Wildman–Crippen LogP) is 1.52. The van der Waals surface area contributed by atoms with Gasteiger partial charge in [-0.25, -0.2) is 0 Å². The molecule has 0 aromatic heterocycles. The zero-order valence-electron chi connectivity index (χ0n) is 10.8. The van der Waals surface area contributed by atoms with E-state index in [1.165, 1.54) is 0 Å². The zero-order valence-corrected chi connectivity index (χ0v) is 10.8. The number of benzene rings is 1. The van der Waals surface area contributed by atoms with Crippen LogP contribution in [-0.2, 0) is 16.1 Å². The Morgan fingerprint density at radius 2 is 2.21 bits per heavy atom. The number of nitrogens with zero attached hydrogens (tertiary/aromatic N) is 1. The van der Waals surface area contributed by atoms with Crippen molar-refractivity contribution in [2.24, 2.45) is 5.92 Å². The van der Waals surface area contributed by atoms with Crippen molar-refractivity contribution in [3.63, 3.8) is 0 Å². The number of carbonyl (C=O) groups is 2. The summed E-state index contributed by atoms with van der Waals surface area (Å²) in [6.45, 7) is 0.666. The van der Waals surface area contributed by atoms with Gasteiger partial charge in [-0.15, -0.1) is 0 Å². The lowest BCUT2D eigenvalue weighted by molar-refractivity contribution is -0.147. The van der Waals surface area contributed by atoms with Gasteiger partial charge >= 0.3 is 5.97 Å². The zero-order chi connectivity index (χ0) is 13.8. The van der Waals surface area contributed by atoms with Gasteiger partial charge in [-0.1, -0.05) is 18.2 Å². The molecule has 2 rings (SSSR count). The molecule has 1 atom stereocenters. The van der Waals surface area contributed by atoms with Crippen LogP contribution >= 0.6 is 0 Å². The summed E-state index contributed by atoms with van der Waals surface area (Å²) in [4.78, 5) is 24.5. The molecular formula is C14H17NO4. The maximum absolute atomic E-state index is 11.9. The summed E-state index contributed by atoms with van der Waals surface area (Å²) in [6.07, 6.45) is 0.725. The third kappa shape index (κ3) is 3.05. The molecule has 19 heavy (non-hydrogen) atoms. The summed E-state index contributed by atoms with van der Waals surface area (Å²) in [6, 6.07) is 7.45. The van der Waals surface area contributed by atoms with E-state index in [9.17, 15) is 9.59 Å². The second-order valence-corrected chi connectivity index (χ2v) is 4.66. The molecule has 1 aliphatic rings. The molecule has 5 nitrogen and oxygen atoms in total. The predicted molar refractivity (Wildman–Crippen MR) is 68.8 cm³/mol. The van der Waals surface area contributed by atoms with Crippen LogP contribution in [0.3, 0.4) is 0 Å². The van der Waals surface area contributed by atoms with Gasteiger partial charge in [0.1, 0.15) is 5.75 Å². The van der Waals surface area contributed by atoms with Gasteiger partial charge in [-0.05, 0) is 12.5 Å². The quantitative estimate of drug-likeness (QED) is 0.894. The molecule has 1 aliphatic heterocycles. The number of aliphatic carboxylic acids is 1. The highest BCUT2D eigenvalue weighted by Gasteiger charge is 2.30. The Labute approximate surface area is 111 Å². The molecule has 0 unspecified atom stereocenters. The van der Waals surface area contributed by atoms with Gasteiger partial charge in [-0.2, -0.15) is 0 Å². The van der Waals surface area contributed by atoms with Crippen LogP contribution in [0.25, 0.3) is 0 Å². The maximum Gasteiger partial charge on any atom is 0.308 e. The molecule has 0 radical (unpaired) electrons. The Hall–Kier alpha value is -2.04. The highest BCUT2D eigenvalue weighted by Crippen LogP contribution is 2.24. The molecule has 1 amide bonds. The van der Waals surface area contributed by atoms with Gasteiger partial charge in [0.15, 0.2) is 0 Å². The average molecular weight is 263 g/mol. The number of ether oxygens (including phenoxy) is 1. The van der Waals surface area contributed by atoms with Crippen LogP contribution < -0.4 is 4.74 Å². The summed E-state index contributed by atoms with van der Waals surface area (Å²) >= 11 is 0. The molecule has 1 fully saturated rings. The Bertz CT molecular complexity index is 486. The van der Waals surface area contributed by atoms with E-state index in [2.05, 4.69) is 0 Å². The smallest absolute Gasteiger partial charge is 0.308 e. The van der Waals surface area contributed by atoms with Gasteiger partial charge in [0.25, 0.3) is 0 Å². The number of hydrogen-bond acceptors (Lipinski definition) is 3. The second-order valence-electron chi connectivity index (χ2n) is 4.66. The van der Waals surface area contributed by atoms with E-state index in [0.29, 0.717) is 25.1 Å². The number of para-hydroxylation sites is 1. The molecule has 1 aromatic carbocycles. The van der Waals surface area contributed by atoms with Crippen LogP contribution in [0.4, 0.5) is 0 Å².